The van der Waals surface area contributed by atoms with Crippen LogP contribution in [0.1, 0.15) is 46.4 Å². The third-order valence-electron chi connectivity index (χ3n) is 4.74. The standard InChI is InChI=1S/C20H23N3O4S/c21-19(24)17-10-3-4-11-18(17)22-20(25)15-8-7-9-16(14-15)28(26,27)23-12-5-1-2-6-13-23/h3-4,7-11,14H,1-2,5-6,12-13H2,(H2,21,24)(H,22,25). The number of anilines is 1. The second-order valence-electron chi connectivity index (χ2n) is 6.71. The molecule has 1 saturated heterocycles. The maximum Gasteiger partial charge on any atom is 0.255 e. The number of rotatable bonds is 5. The number of sulfonamides is 1. The van der Waals surface area contributed by atoms with E-state index in [1.165, 1.54) is 28.6 Å². The van der Waals surface area contributed by atoms with Crippen LogP contribution in [0, 0.1) is 0 Å². The summed E-state index contributed by atoms with van der Waals surface area (Å²) >= 11 is 0. The Labute approximate surface area is 164 Å². The predicted molar refractivity (Wildman–Crippen MR) is 107 cm³/mol. The second-order valence-corrected chi connectivity index (χ2v) is 8.65. The molecule has 0 spiro atoms. The minimum absolute atomic E-state index is 0.0882. The number of carbonyl (C=O) groups excluding carboxylic acids is 2. The number of nitrogens with one attached hydrogen (secondary N) is 1. The molecule has 3 N–H and O–H groups in total. The number of primary amides is 1. The highest BCUT2D eigenvalue weighted by atomic mass is 32.2. The average molecular weight is 401 g/mol. The van der Waals surface area contributed by atoms with E-state index in [1.54, 1.807) is 24.3 Å². The van der Waals surface area contributed by atoms with Crippen molar-refractivity contribution >= 4 is 27.5 Å². The van der Waals surface area contributed by atoms with Crippen molar-refractivity contribution in [2.75, 3.05) is 18.4 Å². The van der Waals surface area contributed by atoms with Gasteiger partial charge < -0.3 is 11.1 Å². The number of hydrogen-bond donors (Lipinski definition) is 2. The molecule has 0 atom stereocenters. The Bertz CT molecular complexity index is 980. The molecule has 1 heterocycles. The zero-order chi connectivity index (χ0) is 20.1. The summed E-state index contributed by atoms with van der Waals surface area (Å²) in [6, 6.07) is 12.3. The molecule has 1 aliphatic heterocycles. The second kappa shape index (κ2) is 8.53. The van der Waals surface area contributed by atoms with Gasteiger partial charge in [-0.25, -0.2) is 8.42 Å². The first-order valence-corrected chi connectivity index (χ1v) is 10.6. The van der Waals surface area contributed by atoms with E-state index < -0.39 is 21.8 Å². The van der Waals surface area contributed by atoms with Crippen LogP contribution in [0.5, 0.6) is 0 Å². The van der Waals surface area contributed by atoms with Crippen LogP contribution in [-0.4, -0.2) is 37.6 Å². The lowest BCUT2D eigenvalue weighted by Gasteiger charge is -2.20. The van der Waals surface area contributed by atoms with Crippen molar-refractivity contribution in [2.24, 2.45) is 5.73 Å². The van der Waals surface area contributed by atoms with Crippen molar-refractivity contribution in [3.05, 3.63) is 59.7 Å². The van der Waals surface area contributed by atoms with Gasteiger partial charge in [-0.15, -0.1) is 0 Å². The summed E-state index contributed by atoms with van der Waals surface area (Å²) in [5, 5.41) is 2.63. The van der Waals surface area contributed by atoms with E-state index in [4.69, 9.17) is 5.73 Å². The van der Waals surface area contributed by atoms with E-state index in [0.717, 1.165) is 25.7 Å². The summed E-state index contributed by atoms with van der Waals surface area (Å²) in [6.07, 6.45) is 3.72. The van der Waals surface area contributed by atoms with Gasteiger partial charge >= 0.3 is 0 Å². The monoisotopic (exact) mass is 401 g/mol. The fourth-order valence-corrected chi connectivity index (χ4v) is 4.79. The Morgan fingerprint density at radius 1 is 0.929 bits per heavy atom. The first-order valence-electron chi connectivity index (χ1n) is 9.20. The zero-order valence-corrected chi connectivity index (χ0v) is 16.2. The quantitative estimate of drug-likeness (QED) is 0.802. The molecule has 28 heavy (non-hydrogen) atoms. The van der Waals surface area contributed by atoms with E-state index in [9.17, 15) is 18.0 Å². The first-order chi connectivity index (χ1) is 13.4. The Balaban J connectivity index is 1.85. The maximum atomic E-state index is 12.9. The number of nitrogens with two attached hydrogens (primary N) is 1. The van der Waals surface area contributed by atoms with Crippen molar-refractivity contribution in [3.8, 4) is 0 Å². The number of hydrogen-bond acceptors (Lipinski definition) is 4. The number of amides is 2. The van der Waals surface area contributed by atoms with Crippen LogP contribution in [0.4, 0.5) is 5.69 Å². The van der Waals surface area contributed by atoms with Crippen LogP contribution in [-0.2, 0) is 10.0 Å². The highest BCUT2D eigenvalue weighted by Crippen LogP contribution is 2.22. The molecule has 3 rings (SSSR count). The highest BCUT2D eigenvalue weighted by molar-refractivity contribution is 7.89. The van der Waals surface area contributed by atoms with Crippen LogP contribution >= 0.6 is 0 Å². The normalized spacial score (nSPS) is 15.6. The summed E-state index contributed by atoms with van der Waals surface area (Å²) < 4.78 is 27.4. The topological polar surface area (TPSA) is 110 Å². The lowest BCUT2D eigenvalue weighted by atomic mass is 10.1. The summed E-state index contributed by atoms with van der Waals surface area (Å²) in [5.41, 5.74) is 5.98. The van der Waals surface area contributed by atoms with Gasteiger partial charge in [0.25, 0.3) is 11.8 Å². The minimum atomic E-state index is -3.66. The molecule has 0 radical (unpaired) electrons. The molecule has 0 bridgehead atoms. The molecule has 2 aromatic rings. The Kier molecular flexibility index (Phi) is 6.11. The van der Waals surface area contributed by atoms with Crippen LogP contribution in [0.3, 0.4) is 0 Å². The van der Waals surface area contributed by atoms with Gasteiger partial charge in [-0.05, 0) is 43.2 Å². The molecular formula is C20H23N3O4S. The lowest BCUT2D eigenvalue weighted by Crippen LogP contribution is -2.32. The van der Waals surface area contributed by atoms with Crippen molar-refractivity contribution in [3.63, 3.8) is 0 Å². The van der Waals surface area contributed by atoms with Crippen molar-refractivity contribution in [1.29, 1.82) is 0 Å². The summed E-state index contributed by atoms with van der Waals surface area (Å²) in [4.78, 5) is 24.2. The van der Waals surface area contributed by atoms with Gasteiger partial charge in [-0.2, -0.15) is 4.31 Å². The van der Waals surface area contributed by atoms with Crippen LogP contribution in [0.25, 0.3) is 0 Å². The van der Waals surface area contributed by atoms with E-state index in [2.05, 4.69) is 5.32 Å². The molecule has 0 aromatic heterocycles. The zero-order valence-electron chi connectivity index (χ0n) is 15.4. The van der Waals surface area contributed by atoms with Crippen molar-refractivity contribution in [1.82, 2.24) is 4.31 Å². The molecule has 8 heteroatoms. The van der Waals surface area contributed by atoms with Crippen molar-refractivity contribution in [2.45, 2.75) is 30.6 Å². The molecule has 0 unspecified atom stereocenters. The summed E-state index contributed by atoms with van der Waals surface area (Å²) in [6.45, 7) is 0.982. The number of nitrogens with zero attached hydrogens (tertiary/aromatic N) is 1. The smallest absolute Gasteiger partial charge is 0.255 e. The van der Waals surface area contributed by atoms with Crippen molar-refractivity contribution < 1.29 is 18.0 Å². The van der Waals surface area contributed by atoms with Gasteiger partial charge in [0.2, 0.25) is 10.0 Å². The molecule has 2 amide bonds. The first kappa shape index (κ1) is 20.0. The van der Waals surface area contributed by atoms with Crippen LogP contribution < -0.4 is 11.1 Å². The Hall–Kier alpha value is -2.71. The third kappa shape index (κ3) is 4.40. The Morgan fingerprint density at radius 2 is 1.61 bits per heavy atom. The SMILES string of the molecule is NC(=O)c1ccccc1NC(=O)c1cccc(S(=O)(=O)N2CCCCCC2)c1. The summed E-state index contributed by atoms with van der Waals surface area (Å²) in [5.74, 6) is -1.17. The molecule has 148 valence electrons. The maximum absolute atomic E-state index is 12.9. The molecule has 7 nitrogen and oxygen atoms in total. The van der Waals surface area contributed by atoms with Gasteiger partial charge in [0, 0.05) is 18.7 Å². The van der Waals surface area contributed by atoms with E-state index >= 15 is 0 Å². The highest BCUT2D eigenvalue weighted by Gasteiger charge is 2.26. The van der Waals surface area contributed by atoms with E-state index in [0.29, 0.717) is 13.1 Å². The number of para-hydroxylation sites is 1. The fourth-order valence-electron chi connectivity index (χ4n) is 3.23. The van der Waals surface area contributed by atoms with Gasteiger partial charge in [-0.1, -0.05) is 31.0 Å². The van der Waals surface area contributed by atoms with Gasteiger partial charge in [0.15, 0.2) is 0 Å². The average Bonchev–Trinajstić information content (AvgIpc) is 2.98. The lowest BCUT2D eigenvalue weighted by molar-refractivity contribution is 0.100. The predicted octanol–water partition coefficient (Wildman–Crippen LogP) is 2.60. The molecule has 0 saturated carbocycles. The van der Waals surface area contributed by atoms with E-state index in [1.807, 2.05) is 0 Å². The molecular weight excluding hydrogens is 378 g/mol. The van der Waals surface area contributed by atoms with Crippen LogP contribution in [0.15, 0.2) is 53.4 Å². The molecule has 1 fully saturated rings. The summed E-state index contributed by atoms with van der Waals surface area (Å²) in [7, 11) is -3.66. The van der Waals surface area contributed by atoms with E-state index in [-0.39, 0.29) is 21.7 Å². The third-order valence-corrected chi connectivity index (χ3v) is 6.63. The van der Waals surface area contributed by atoms with Gasteiger partial charge in [0.05, 0.1) is 16.1 Å². The largest absolute Gasteiger partial charge is 0.366 e. The molecule has 2 aromatic carbocycles. The number of carbonyl (C=O) groups is 2. The molecule has 0 aliphatic carbocycles. The fraction of sp³-hybridized carbons (Fsp3) is 0.300. The van der Waals surface area contributed by atoms with Crippen LogP contribution in [0.2, 0.25) is 0 Å². The minimum Gasteiger partial charge on any atom is -0.366 e. The van der Waals surface area contributed by atoms with Gasteiger partial charge in [-0.3, -0.25) is 9.59 Å². The van der Waals surface area contributed by atoms with Gasteiger partial charge in [0.1, 0.15) is 0 Å². The Morgan fingerprint density at radius 3 is 2.29 bits per heavy atom. The number of benzene rings is 2. The molecule has 1 aliphatic rings.